The van der Waals surface area contributed by atoms with Crippen molar-refractivity contribution in [2.45, 2.75) is 38.6 Å². The van der Waals surface area contributed by atoms with Gasteiger partial charge < -0.3 is 14.6 Å². The Hall–Kier alpha value is -2.90. The van der Waals surface area contributed by atoms with Gasteiger partial charge in [-0.05, 0) is 44.1 Å². The van der Waals surface area contributed by atoms with Crippen LogP contribution in [0.2, 0.25) is 0 Å². The van der Waals surface area contributed by atoms with Gasteiger partial charge in [0, 0.05) is 18.5 Å². The molecule has 1 aromatic carbocycles. The molecule has 27 heavy (non-hydrogen) atoms. The number of carbonyl (C=O) groups is 1. The first-order valence-electron chi connectivity index (χ1n) is 9.46. The SMILES string of the molecule is C[C@@H](Nc1nnc(-c2[nH]nc3ccccc23)o1)C(=O)N1CCC2(CC1)CC2. The lowest BCUT2D eigenvalue weighted by Crippen LogP contribution is -2.45. The normalized spacial score (nSPS) is 19.4. The molecule has 1 atom stereocenters. The summed E-state index contributed by atoms with van der Waals surface area (Å²) in [5.74, 6) is 0.428. The highest BCUT2D eigenvalue weighted by atomic mass is 16.4. The van der Waals surface area contributed by atoms with E-state index in [1.165, 1.54) is 12.8 Å². The molecule has 1 saturated heterocycles. The van der Waals surface area contributed by atoms with Crippen molar-refractivity contribution in [3.63, 3.8) is 0 Å². The van der Waals surface area contributed by atoms with Gasteiger partial charge in [0.15, 0.2) is 0 Å². The van der Waals surface area contributed by atoms with E-state index in [-0.39, 0.29) is 11.9 Å². The molecule has 1 amide bonds. The summed E-state index contributed by atoms with van der Waals surface area (Å²) in [6, 6.07) is 7.54. The summed E-state index contributed by atoms with van der Waals surface area (Å²) in [6.45, 7) is 3.53. The van der Waals surface area contributed by atoms with Crippen LogP contribution in [0.15, 0.2) is 28.7 Å². The van der Waals surface area contributed by atoms with Gasteiger partial charge in [0.2, 0.25) is 5.91 Å². The van der Waals surface area contributed by atoms with Crippen LogP contribution in [0.4, 0.5) is 6.01 Å². The summed E-state index contributed by atoms with van der Waals surface area (Å²) >= 11 is 0. The van der Waals surface area contributed by atoms with Crippen molar-refractivity contribution in [3.05, 3.63) is 24.3 Å². The number of benzene rings is 1. The molecule has 1 aliphatic heterocycles. The van der Waals surface area contributed by atoms with Crippen molar-refractivity contribution in [2.24, 2.45) is 5.41 Å². The fourth-order valence-corrected chi connectivity index (χ4v) is 3.90. The zero-order chi connectivity index (χ0) is 18.4. The van der Waals surface area contributed by atoms with Crippen LogP contribution in [-0.4, -0.2) is 50.3 Å². The fourth-order valence-electron chi connectivity index (χ4n) is 3.90. The summed E-state index contributed by atoms with van der Waals surface area (Å²) < 4.78 is 5.71. The second kappa shape index (κ2) is 6.07. The molecular weight excluding hydrogens is 344 g/mol. The van der Waals surface area contributed by atoms with Crippen LogP contribution < -0.4 is 5.32 Å². The topological polar surface area (TPSA) is 99.9 Å². The third kappa shape index (κ3) is 2.94. The molecule has 5 rings (SSSR count). The molecule has 3 aromatic rings. The number of hydrogen-bond donors (Lipinski definition) is 2. The predicted octanol–water partition coefficient (Wildman–Crippen LogP) is 2.82. The lowest BCUT2D eigenvalue weighted by molar-refractivity contribution is -0.133. The number of amides is 1. The van der Waals surface area contributed by atoms with E-state index in [0.717, 1.165) is 36.8 Å². The maximum Gasteiger partial charge on any atom is 0.316 e. The van der Waals surface area contributed by atoms with E-state index < -0.39 is 6.04 Å². The number of anilines is 1. The number of nitrogens with zero attached hydrogens (tertiary/aromatic N) is 4. The molecule has 0 radical (unpaired) electrons. The van der Waals surface area contributed by atoms with Crippen LogP contribution in [0.3, 0.4) is 0 Å². The van der Waals surface area contributed by atoms with Crippen molar-refractivity contribution < 1.29 is 9.21 Å². The number of rotatable bonds is 4. The average molecular weight is 366 g/mol. The number of piperidine rings is 1. The Balaban J connectivity index is 1.27. The standard InChI is InChI=1S/C19H22N6O2/c1-12(17(26)25-10-8-19(6-7-19)9-11-25)20-18-24-23-16(27-18)15-13-4-2-3-5-14(13)21-22-15/h2-5,12H,6-11H2,1H3,(H,20,24)(H,21,22)/t12-/m1/s1. The summed E-state index contributed by atoms with van der Waals surface area (Å²) in [5.41, 5.74) is 2.07. The number of nitrogens with one attached hydrogen (secondary N) is 2. The Morgan fingerprint density at radius 2 is 2.00 bits per heavy atom. The van der Waals surface area contributed by atoms with Crippen molar-refractivity contribution in [2.75, 3.05) is 18.4 Å². The van der Waals surface area contributed by atoms with E-state index in [2.05, 4.69) is 25.7 Å². The third-order valence-electron chi connectivity index (χ3n) is 5.90. The Morgan fingerprint density at radius 3 is 2.78 bits per heavy atom. The highest BCUT2D eigenvalue weighted by Crippen LogP contribution is 2.53. The molecule has 1 aliphatic carbocycles. The average Bonchev–Trinajstić information content (AvgIpc) is 3.09. The number of likely N-dealkylation sites (tertiary alicyclic amines) is 1. The van der Waals surface area contributed by atoms with Crippen molar-refractivity contribution in [1.82, 2.24) is 25.3 Å². The molecule has 8 heteroatoms. The van der Waals surface area contributed by atoms with Crippen molar-refractivity contribution >= 4 is 22.8 Å². The van der Waals surface area contributed by atoms with E-state index in [1.807, 2.05) is 36.1 Å². The van der Waals surface area contributed by atoms with Crippen LogP contribution in [-0.2, 0) is 4.79 Å². The van der Waals surface area contributed by atoms with Crippen molar-refractivity contribution in [3.8, 4) is 11.6 Å². The minimum absolute atomic E-state index is 0.0808. The van der Waals surface area contributed by atoms with Crippen molar-refractivity contribution in [1.29, 1.82) is 0 Å². The smallest absolute Gasteiger partial charge is 0.316 e. The number of aromatic amines is 1. The first kappa shape index (κ1) is 16.3. The van der Waals surface area contributed by atoms with E-state index in [0.29, 0.717) is 17.0 Å². The number of H-pyrrole nitrogens is 1. The van der Waals surface area contributed by atoms with Crippen LogP contribution in [0, 0.1) is 5.41 Å². The minimum atomic E-state index is -0.412. The van der Waals surface area contributed by atoms with Gasteiger partial charge in [-0.25, -0.2) is 0 Å². The summed E-state index contributed by atoms with van der Waals surface area (Å²) in [4.78, 5) is 14.6. The Labute approximate surface area is 156 Å². The van der Waals surface area contributed by atoms with Crippen LogP contribution >= 0.6 is 0 Å². The predicted molar refractivity (Wildman–Crippen MR) is 100.0 cm³/mol. The van der Waals surface area contributed by atoms with Gasteiger partial charge in [0.25, 0.3) is 5.89 Å². The van der Waals surface area contributed by atoms with Gasteiger partial charge in [0.1, 0.15) is 11.7 Å². The van der Waals surface area contributed by atoms with Crippen LogP contribution in [0.25, 0.3) is 22.5 Å². The molecule has 140 valence electrons. The summed E-state index contributed by atoms with van der Waals surface area (Å²) in [7, 11) is 0. The number of fused-ring (bicyclic) bond motifs is 1. The first-order chi connectivity index (χ1) is 13.1. The Kier molecular flexibility index (Phi) is 3.66. The van der Waals surface area contributed by atoms with Gasteiger partial charge in [-0.3, -0.25) is 9.89 Å². The zero-order valence-electron chi connectivity index (χ0n) is 15.2. The minimum Gasteiger partial charge on any atom is -0.402 e. The first-order valence-corrected chi connectivity index (χ1v) is 9.46. The van der Waals surface area contributed by atoms with Crippen LogP contribution in [0.5, 0.6) is 0 Å². The second-order valence-electron chi connectivity index (χ2n) is 7.72. The molecule has 2 aromatic heterocycles. The molecule has 2 aliphatic rings. The largest absolute Gasteiger partial charge is 0.402 e. The lowest BCUT2D eigenvalue weighted by atomic mass is 9.93. The Bertz CT molecular complexity index is 979. The molecule has 2 N–H and O–H groups in total. The monoisotopic (exact) mass is 366 g/mol. The zero-order valence-corrected chi connectivity index (χ0v) is 15.2. The summed E-state index contributed by atoms with van der Waals surface area (Å²) in [5, 5.41) is 19.2. The molecular formula is C19H22N6O2. The molecule has 1 saturated carbocycles. The number of hydrogen-bond acceptors (Lipinski definition) is 6. The molecule has 8 nitrogen and oxygen atoms in total. The van der Waals surface area contributed by atoms with Crippen LogP contribution in [0.1, 0.15) is 32.6 Å². The molecule has 0 unspecified atom stereocenters. The number of carbonyl (C=O) groups excluding carboxylic acids is 1. The Morgan fingerprint density at radius 1 is 1.22 bits per heavy atom. The molecule has 3 heterocycles. The van der Waals surface area contributed by atoms with E-state index in [1.54, 1.807) is 0 Å². The maximum atomic E-state index is 12.7. The van der Waals surface area contributed by atoms with Gasteiger partial charge in [0.05, 0.1) is 5.52 Å². The van der Waals surface area contributed by atoms with Gasteiger partial charge in [-0.1, -0.05) is 23.3 Å². The highest BCUT2D eigenvalue weighted by molar-refractivity contribution is 5.90. The molecule has 1 spiro atoms. The van der Waals surface area contributed by atoms with Gasteiger partial charge in [-0.15, -0.1) is 5.10 Å². The second-order valence-corrected chi connectivity index (χ2v) is 7.72. The van der Waals surface area contributed by atoms with Gasteiger partial charge >= 0.3 is 6.01 Å². The lowest BCUT2D eigenvalue weighted by Gasteiger charge is -2.33. The fraction of sp³-hybridized carbons (Fsp3) is 0.474. The number of aromatic nitrogens is 4. The van der Waals surface area contributed by atoms with E-state index >= 15 is 0 Å². The number of para-hydroxylation sites is 1. The summed E-state index contributed by atoms with van der Waals surface area (Å²) in [6.07, 6.45) is 4.91. The van der Waals surface area contributed by atoms with E-state index in [4.69, 9.17) is 4.42 Å². The highest BCUT2D eigenvalue weighted by Gasteiger charge is 2.45. The van der Waals surface area contributed by atoms with Gasteiger partial charge in [-0.2, -0.15) is 5.10 Å². The maximum absolute atomic E-state index is 12.7. The molecule has 0 bridgehead atoms. The van der Waals surface area contributed by atoms with E-state index in [9.17, 15) is 4.79 Å². The quantitative estimate of drug-likeness (QED) is 0.736. The molecule has 2 fully saturated rings. The third-order valence-corrected chi connectivity index (χ3v) is 5.90.